The van der Waals surface area contributed by atoms with E-state index in [1.54, 1.807) is 0 Å². The Bertz CT molecular complexity index is 768. The fraction of sp³-hybridized carbons (Fsp3) is 0. The van der Waals surface area contributed by atoms with Crippen LogP contribution in [-0.2, 0) is 0 Å². The van der Waals surface area contributed by atoms with E-state index in [1.165, 1.54) is 18.3 Å². The lowest BCUT2D eigenvalue weighted by Crippen LogP contribution is -2.10. The Morgan fingerprint density at radius 2 is 1.65 bits per heavy atom. The average Bonchev–Trinajstić information content (AvgIpc) is 2.41. The van der Waals surface area contributed by atoms with Gasteiger partial charge in [-0.3, -0.25) is 25.0 Å². The molecular weight excluding hydrogens is 268 g/mol. The quantitative estimate of drug-likeness (QED) is 0.640. The van der Waals surface area contributed by atoms with Crippen molar-refractivity contribution >= 4 is 17.1 Å². The van der Waals surface area contributed by atoms with Gasteiger partial charge in [0, 0.05) is 23.9 Å². The molecule has 1 aromatic carbocycles. The van der Waals surface area contributed by atoms with Crippen LogP contribution in [0.15, 0.2) is 35.3 Å². The molecular formula is C11H8N4O5. The zero-order valence-corrected chi connectivity index (χ0v) is 9.90. The maximum absolute atomic E-state index is 11.1. The van der Waals surface area contributed by atoms with Gasteiger partial charge in [0.2, 0.25) is 0 Å². The number of nitrogens with one attached hydrogen (secondary N) is 1. The molecule has 1 aromatic heterocycles. The predicted molar refractivity (Wildman–Crippen MR) is 70.2 cm³/mol. The molecule has 0 atom stereocenters. The van der Waals surface area contributed by atoms with Crippen molar-refractivity contribution < 1.29 is 9.85 Å². The molecule has 9 heteroatoms. The van der Waals surface area contributed by atoms with Crippen LogP contribution >= 0.6 is 0 Å². The zero-order valence-electron chi connectivity index (χ0n) is 9.90. The second-order valence-corrected chi connectivity index (χ2v) is 3.89. The fourth-order valence-electron chi connectivity index (χ4n) is 1.67. The van der Waals surface area contributed by atoms with Crippen LogP contribution in [0.1, 0.15) is 0 Å². The van der Waals surface area contributed by atoms with Crippen LogP contribution in [0.5, 0.6) is 0 Å². The Balaban J connectivity index is 2.61. The van der Waals surface area contributed by atoms with E-state index in [2.05, 4.69) is 4.98 Å². The number of nitrogen functional groups attached to an aromatic ring is 1. The topological polar surface area (TPSA) is 145 Å². The monoisotopic (exact) mass is 276 g/mol. The van der Waals surface area contributed by atoms with Crippen LogP contribution in [-0.4, -0.2) is 14.8 Å². The third kappa shape index (κ3) is 2.32. The molecule has 9 nitrogen and oxygen atoms in total. The highest BCUT2D eigenvalue weighted by Crippen LogP contribution is 2.31. The molecule has 20 heavy (non-hydrogen) atoms. The predicted octanol–water partition coefficient (Wildman–Crippen LogP) is 1.44. The van der Waals surface area contributed by atoms with Gasteiger partial charge < -0.3 is 10.7 Å². The molecule has 0 saturated heterocycles. The second kappa shape index (κ2) is 4.80. The molecule has 0 unspecified atom stereocenters. The number of anilines is 1. The first-order valence-electron chi connectivity index (χ1n) is 5.31. The number of rotatable bonds is 3. The highest BCUT2D eigenvalue weighted by Gasteiger charge is 2.24. The minimum atomic E-state index is -0.837. The average molecular weight is 276 g/mol. The molecule has 0 aliphatic carbocycles. The van der Waals surface area contributed by atoms with Gasteiger partial charge >= 0.3 is 11.4 Å². The van der Waals surface area contributed by atoms with Crippen LogP contribution in [0.4, 0.5) is 17.1 Å². The number of nitrogens with two attached hydrogens (primary N) is 1. The molecule has 0 bridgehead atoms. The summed E-state index contributed by atoms with van der Waals surface area (Å²) in [4.78, 5) is 33.4. The van der Waals surface area contributed by atoms with Crippen molar-refractivity contribution in [2.24, 2.45) is 0 Å². The molecule has 0 saturated carbocycles. The fourth-order valence-corrected chi connectivity index (χ4v) is 1.67. The highest BCUT2D eigenvalue weighted by atomic mass is 16.6. The van der Waals surface area contributed by atoms with Gasteiger partial charge in [-0.25, -0.2) is 0 Å². The summed E-state index contributed by atoms with van der Waals surface area (Å²) in [6.45, 7) is 0. The summed E-state index contributed by atoms with van der Waals surface area (Å²) >= 11 is 0. The first-order valence-corrected chi connectivity index (χ1v) is 5.31. The number of aromatic nitrogens is 1. The maximum Gasteiger partial charge on any atom is 0.346 e. The summed E-state index contributed by atoms with van der Waals surface area (Å²) in [6.07, 6.45) is 1.32. The van der Waals surface area contributed by atoms with Crippen molar-refractivity contribution in [3.05, 3.63) is 61.0 Å². The van der Waals surface area contributed by atoms with Crippen LogP contribution in [0, 0.1) is 20.2 Å². The Kier molecular flexibility index (Phi) is 3.17. The summed E-state index contributed by atoms with van der Waals surface area (Å²) < 4.78 is 0. The van der Waals surface area contributed by atoms with Crippen molar-refractivity contribution in [1.29, 1.82) is 0 Å². The lowest BCUT2D eigenvalue weighted by Gasteiger charge is -2.03. The minimum absolute atomic E-state index is 0.0523. The maximum atomic E-state index is 11.1. The van der Waals surface area contributed by atoms with E-state index < -0.39 is 26.8 Å². The van der Waals surface area contributed by atoms with Crippen molar-refractivity contribution in [1.82, 2.24) is 4.98 Å². The van der Waals surface area contributed by atoms with E-state index in [9.17, 15) is 25.0 Å². The van der Waals surface area contributed by atoms with Crippen molar-refractivity contribution in [2.75, 3.05) is 5.73 Å². The van der Waals surface area contributed by atoms with Crippen LogP contribution in [0.2, 0.25) is 0 Å². The number of nitro benzene ring substituents is 2. The molecule has 0 radical (unpaired) electrons. The van der Waals surface area contributed by atoms with E-state index in [4.69, 9.17) is 5.73 Å². The molecule has 3 N–H and O–H groups in total. The van der Waals surface area contributed by atoms with E-state index in [0.29, 0.717) is 11.1 Å². The van der Waals surface area contributed by atoms with E-state index >= 15 is 0 Å². The number of nitro groups is 2. The van der Waals surface area contributed by atoms with Crippen molar-refractivity contribution in [2.45, 2.75) is 0 Å². The molecule has 102 valence electrons. The third-order valence-corrected chi connectivity index (χ3v) is 2.63. The number of hydrogen-bond donors (Lipinski definition) is 2. The zero-order chi connectivity index (χ0) is 14.9. The van der Waals surface area contributed by atoms with Crippen molar-refractivity contribution in [3.63, 3.8) is 0 Å². The van der Waals surface area contributed by atoms with Gasteiger partial charge in [-0.15, -0.1) is 0 Å². The van der Waals surface area contributed by atoms with E-state index in [1.807, 2.05) is 0 Å². The number of hydrogen-bond acceptors (Lipinski definition) is 6. The summed E-state index contributed by atoms with van der Waals surface area (Å²) in [6, 6.07) is 4.78. The molecule has 0 spiro atoms. The van der Waals surface area contributed by atoms with Crippen molar-refractivity contribution in [3.8, 4) is 11.1 Å². The summed E-state index contributed by atoms with van der Waals surface area (Å²) in [5.74, 6) is 0. The SMILES string of the molecule is Nc1cc(-c2ccc([N+](=O)[O-])c([N+](=O)[O-])c2)c[nH]c1=O. The Morgan fingerprint density at radius 3 is 2.20 bits per heavy atom. The molecule has 0 aliphatic heterocycles. The number of aromatic amines is 1. The van der Waals surface area contributed by atoms with Gasteiger partial charge in [-0.1, -0.05) is 0 Å². The Hall–Kier alpha value is -3.23. The molecule has 1 heterocycles. The number of benzene rings is 1. The summed E-state index contributed by atoms with van der Waals surface area (Å²) in [5.41, 5.74) is 4.44. The van der Waals surface area contributed by atoms with Gasteiger partial charge in [0.1, 0.15) is 0 Å². The first-order chi connectivity index (χ1) is 9.40. The van der Waals surface area contributed by atoms with Crippen LogP contribution < -0.4 is 11.3 Å². The Morgan fingerprint density at radius 1 is 1.00 bits per heavy atom. The summed E-state index contributed by atoms with van der Waals surface area (Å²) in [5, 5.41) is 21.6. The smallest absolute Gasteiger partial charge is 0.346 e. The van der Waals surface area contributed by atoms with Gasteiger partial charge in [-0.05, 0) is 17.7 Å². The summed E-state index contributed by atoms with van der Waals surface area (Å²) in [7, 11) is 0. The molecule has 0 amide bonds. The third-order valence-electron chi connectivity index (χ3n) is 2.63. The Labute approximate surface area is 111 Å². The van der Waals surface area contributed by atoms with Gasteiger partial charge in [0.15, 0.2) is 0 Å². The van der Waals surface area contributed by atoms with E-state index in [-0.39, 0.29) is 5.69 Å². The second-order valence-electron chi connectivity index (χ2n) is 3.89. The lowest BCUT2D eigenvalue weighted by molar-refractivity contribution is -0.422. The molecule has 2 rings (SSSR count). The molecule has 2 aromatic rings. The van der Waals surface area contributed by atoms with Gasteiger partial charge in [0.05, 0.1) is 15.5 Å². The van der Waals surface area contributed by atoms with Crippen LogP contribution in [0.25, 0.3) is 11.1 Å². The molecule has 0 aliphatic rings. The molecule has 0 fully saturated rings. The number of H-pyrrole nitrogens is 1. The van der Waals surface area contributed by atoms with Crippen LogP contribution in [0.3, 0.4) is 0 Å². The lowest BCUT2D eigenvalue weighted by atomic mass is 10.1. The number of pyridine rings is 1. The van der Waals surface area contributed by atoms with Gasteiger partial charge in [0.25, 0.3) is 5.56 Å². The first kappa shape index (κ1) is 13.2. The van der Waals surface area contributed by atoms with Gasteiger partial charge in [-0.2, -0.15) is 0 Å². The minimum Gasteiger partial charge on any atom is -0.394 e. The number of nitrogens with zero attached hydrogens (tertiary/aromatic N) is 2. The van der Waals surface area contributed by atoms with E-state index in [0.717, 1.165) is 12.1 Å². The highest BCUT2D eigenvalue weighted by molar-refractivity contribution is 5.71. The standard InChI is InChI=1S/C11H8N4O5/c12-8-3-7(5-13-11(8)16)6-1-2-9(14(17)18)10(4-6)15(19)20/h1-5H,12H2,(H,13,16). The normalized spacial score (nSPS) is 10.2. The largest absolute Gasteiger partial charge is 0.394 e.